The summed E-state index contributed by atoms with van der Waals surface area (Å²) in [5.74, 6) is -0.671. The summed E-state index contributed by atoms with van der Waals surface area (Å²) in [4.78, 5) is 26.4. The fourth-order valence-corrected chi connectivity index (χ4v) is 2.58. The molecule has 0 saturated carbocycles. The zero-order valence-electron chi connectivity index (χ0n) is 13.7. The summed E-state index contributed by atoms with van der Waals surface area (Å²) in [5, 5.41) is 0. The molecule has 1 aromatic carbocycles. The first-order valence-corrected chi connectivity index (χ1v) is 7.47. The molecule has 23 heavy (non-hydrogen) atoms. The van der Waals surface area contributed by atoms with E-state index in [9.17, 15) is 9.59 Å². The molecular formula is C18H21NO4. The van der Waals surface area contributed by atoms with Crippen LogP contribution >= 0.6 is 0 Å². The average molecular weight is 315 g/mol. The Morgan fingerprint density at radius 1 is 1.22 bits per heavy atom. The number of rotatable bonds is 6. The highest BCUT2D eigenvalue weighted by Crippen LogP contribution is 2.31. The number of amides is 1. The normalized spacial score (nSPS) is 16.4. The van der Waals surface area contributed by atoms with E-state index in [1.165, 1.54) is 7.11 Å². The van der Waals surface area contributed by atoms with Gasteiger partial charge in [-0.05, 0) is 25.0 Å². The van der Waals surface area contributed by atoms with Crippen LogP contribution in [0.15, 0.2) is 47.2 Å². The van der Waals surface area contributed by atoms with Crippen molar-refractivity contribution in [3.63, 3.8) is 0 Å². The van der Waals surface area contributed by atoms with Crippen LogP contribution in [0.2, 0.25) is 0 Å². The Bertz CT molecular complexity index is 646. The number of methoxy groups -OCH3 is 2. The molecule has 1 heterocycles. The lowest BCUT2D eigenvalue weighted by Crippen LogP contribution is -2.26. The molecule has 0 N–H and O–H groups in total. The lowest BCUT2D eigenvalue weighted by Gasteiger charge is -2.17. The average Bonchev–Trinajstić information content (AvgIpc) is 2.79. The Hall–Kier alpha value is -2.40. The van der Waals surface area contributed by atoms with E-state index < -0.39 is 5.97 Å². The summed E-state index contributed by atoms with van der Waals surface area (Å²) >= 11 is 0. The number of carbonyl (C=O) groups excluding carboxylic acids is 2. The number of carbonyl (C=O) groups is 2. The van der Waals surface area contributed by atoms with Gasteiger partial charge in [-0.2, -0.15) is 0 Å². The van der Waals surface area contributed by atoms with Crippen molar-refractivity contribution in [3.8, 4) is 0 Å². The van der Waals surface area contributed by atoms with Crippen molar-refractivity contribution >= 4 is 18.0 Å². The Balaban J connectivity index is 2.38. The summed E-state index contributed by atoms with van der Waals surface area (Å²) < 4.78 is 9.88. The van der Waals surface area contributed by atoms with Crippen LogP contribution in [-0.4, -0.2) is 44.1 Å². The number of nitrogens with zero attached hydrogens (tertiary/aromatic N) is 1. The number of hydrogen-bond acceptors (Lipinski definition) is 4. The SMILES string of the molecule is COCCCN1C(=O)/C(=C\c2ccccc2)C(C(=O)OC)=C1C. The first-order valence-electron chi connectivity index (χ1n) is 7.47. The molecule has 0 radical (unpaired) electrons. The molecule has 0 aliphatic carbocycles. The topological polar surface area (TPSA) is 55.8 Å². The summed E-state index contributed by atoms with van der Waals surface area (Å²) in [6, 6.07) is 9.45. The summed E-state index contributed by atoms with van der Waals surface area (Å²) in [6.45, 7) is 2.83. The van der Waals surface area contributed by atoms with Crippen LogP contribution in [0.1, 0.15) is 18.9 Å². The lowest BCUT2D eigenvalue weighted by molar-refractivity contribution is -0.136. The fourth-order valence-electron chi connectivity index (χ4n) is 2.58. The fraction of sp³-hybridized carbons (Fsp3) is 0.333. The van der Waals surface area contributed by atoms with Gasteiger partial charge < -0.3 is 14.4 Å². The molecule has 1 amide bonds. The lowest BCUT2D eigenvalue weighted by atomic mass is 10.0. The first-order chi connectivity index (χ1) is 11.1. The van der Waals surface area contributed by atoms with Crippen molar-refractivity contribution in [3.05, 3.63) is 52.7 Å². The van der Waals surface area contributed by atoms with E-state index in [1.54, 1.807) is 25.0 Å². The van der Waals surface area contributed by atoms with E-state index in [2.05, 4.69) is 0 Å². The third kappa shape index (κ3) is 3.68. The van der Waals surface area contributed by atoms with Crippen LogP contribution < -0.4 is 0 Å². The van der Waals surface area contributed by atoms with Crippen LogP contribution in [0, 0.1) is 0 Å². The van der Waals surface area contributed by atoms with Crippen LogP contribution in [0.3, 0.4) is 0 Å². The molecule has 0 unspecified atom stereocenters. The van der Waals surface area contributed by atoms with Gasteiger partial charge in [0.25, 0.3) is 5.91 Å². The van der Waals surface area contributed by atoms with Crippen molar-refractivity contribution in [1.82, 2.24) is 4.90 Å². The predicted octanol–water partition coefficient (Wildman–Crippen LogP) is 2.40. The van der Waals surface area contributed by atoms with Crippen LogP contribution in [0.4, 0.5) is 0 Å². The second-order valence-corrected chi connectivity index (χ2v) is 5.22. The smallest absolute Gasteiger partial charge is 0.340 e. The molecule has 0 spiro atoms. The zero-order chi connectivity index (χ0) is 16.8. The minimum absolute atomic E-state index is 0.178. The quantitative estimate of drug-likeness (QED) is 0.459. The molecule has 0 fully saturated rings. The van der Waals surface area contributed by atoms with Crippen LogP contribution in [0.25, 0.3) is 6.08 Å². The van der Waals surface area contributed by atoms with E-state index in [0.29, 0.717) is 36.4 Å². The van der Waals surface area contributed by atoms with Gasteiger partial charge >= 0.3 is 5.97 Å². The second-order valence-electron chi connectivity index (χ2n) is 5.22. The third-order valence-electron chi connectivity index (χ3n) is 3.74. The molecule has 122 valence electrons. The van der Waals surface area contributed by atoms with Gasteiger partial charge in [0.2, 0.25) is 0 Å². The van der Waals surface area contributed by atoms with E-state index in [4.69, 9.17) is 9.47 Å². The number of ether oxygens (including phenoxy) is 2. The molecule has 5 nitrogen and oxygen atoms in total. The molecule has 2 rings (SSSR count). The van der Waals surface area contributed by atoms with E-state index in [0.717, 1.165) is 5.56 Å². The molecule has 0 atom stereocenters. The molecule has 1 aliphatic heterocycles. The van der Waals surface area contributed by atoms with Gasteiger partial charge in [0.1, 0.15) is 0 Å². The van der Waals surface area contributed by atoms with Gasteiger partial charge in [-0.25, -0.2) is 4.79 Å². The number of benzene rings is 1. The van der Waals surface area contributed by atoms with E-state index in [-0.39, 0.29) is 5.91 Å². The minimum Gasteiger partial charge on any atom is -0.465 e. The number of allylic oxidation sites excluding steroid dienone is 1. The van der Waals surface area contributed by atoms with Crippen LogP contribution in [0.5, 0.6) is 0 Å². The van der Waals surface area contributed by atoms with Crippen molar-refractivity contribution in [2.75, 3.05) is 27.4 Å². The van der Waals surface area contributed by atoms with Crippen molar-refractivity contribution < 1.29 is 19.1 Å². The van der Waals surface area contributed by atoms with E-state index >= 15 is 0 Å². The monoisotopic (exact) mass is 315 g/mol. The van der Waals surface area contributed by atoms with E-state index in [1.807, 2.05) is 30.3 Å². The highest BCUT2D eigenvalue weighted by atomic mass is 16.5. The highest BCUT2D eigenvalue weighted by Gasteiger charge is 2.36. The third-order valence-corrected chi connectivity index (χ3v) is 3.74. The minimum atomic E-state index is -0.493. The van der Waals surface area contributed by atoms with Crippen LogP contribution in [-0.2, 0) is 19.1 Å². The van der Waals surface area contributed by atoms with Gasteiger partial charge in [0.05, 0.1) is 18.3 Å². The molecule has 1 aliphatic rings. The maximum atomic E-state index is 12.7. The van der Waals surface area contributed by atoms with Gasteiger partial charge in [0.15, 0.2) is 0 Å². The maximum Gasteiger partial charge on any atom is 0.340 e. The Labute approximate surface area is 136 Å². The first kappa shape index (κ1) is 17.0. The standard InChI is InChI=1S/C18H21NO4/c1-13-16(18(21)23-3)15(12-14-8-5-4-6-9-14)17(20)19(13)10-7-11-22-2/h4-6,8-9,12H,7,10-11H2,1-3H3/b15-12-. The summed E-state index contributed by atoms with van der Waals surface area (Å²) in [5.41, 5.74) is 2.20. The molecular weight excluding hydrogens is 294 g/mol. The predicted molar refractivity (Wildman–Crippen MR) is 87.3 cm³/mol. The van der Waals surface area contributed by atoms with Gasteiger partial charge in [-0.15, -0.1) is 0 Å². The zero-order valence-corrected chi connectivity index (χ0v) is 13.7. The highest BCUT2D eigenvalue weighted by molar-refractivity contribution is 6.16. The summed E-state index contributed by atoms with van der Waals surface area (Å²) in [7, 11) is 2.94. The van der Waals surface area contributed by atoms with Gasteiger partial charge in [-0.1, -0.05) is 30.3 Å². The number of hydrogen-bond donors (Lipinski definition) is 0. The van der Waals surface area contributed by atoms with Gasteiger partial charge in [-0.3, -0.25) is 4.79 Å². The Morgan fingerprint density at radius 3 is 2.52 bits per heavy atom. The Kier molecular flexibility index (Phi) is 5.71. The van der Waals surface area contributed by atoms with Crippen molar-refractivity contribution in [2.45, 2.75) is 13.3 Å². The van der Waals surface area contributed by atoms with Crippen molar-refractivity contribution in [2.24, 2.45) is 0 Å². The van der Waals surface area contributed by atoms with Gasteiger partial charge in [0, 0.05) is 26.0 Å². The number of esters is 1. The van der Waals surface area contributed by atoms with Crippen molar-refractivity contribution in [1.29, 1.82) is 0 Å². The molecule has 0 aromatic heterocycles. The largest absolute Gasteiger partial charge is 0.465 e. The summed E-state index contributed by atoms with van der Waals surface area (Å²) in [6.07, 6.45) is 2.43. The molecule has 5 heteroatoms. The second kappa shape index (κ2) is 7.74. The molecule has 0 saturated heterocycles. The Morgan fingerprint density at radius 2 is 1.91 bits per heavy atom. The molecule has 0 bridgehead atoms. The molecule has 1 aromatic rings. The maximum absolute atomic E-state index is 12.7.